The highest BCUT2D eigenvalue weighted by Crippen LogP contribution is 2.19. The number of nitrogens with one attached hydrogen (secondary N) is 1. The van der Waals surface area contributed by atoms with Gasteiger partial charge in [0.2, 0.25) is 0 Å². The van der Waals surface area contributed by atoms with Gasteiger partial charge in [0, 0.05) is 5.33 Å². The molecule has 5 heteroatoms. The van der Waals surface area contributed by atoms with Gasteiger partial charge < -0.3 is 9.52 Å². The van der Waals surface area contributed by atoms with Crippen molar-refractivity contribution in [2.75, 3.05) is 5.33 Å². The average Bonchev–Trinajstić information content (AvgIpc) is 2.55. The molecule has 0 amide bonds. The van der Waals surface area contributed by atoms with Crippen LogP contribution in [0.3, 0.4) is 0 Å². The van der Waals surface area contributed by atoms with Gasteiger partial charge in [0.05, 0.1) is 11.6 Å². The number of hydrogen-bond donors (Lipinski definition) is 2. The van der Waals surface area contributed by atoms with Crippen molar-refractivity contribution < 1.29 is 9.52 Å². The zero-order valence-corrected chi connectivity index (χ0v) is 8.74. The van der Waals surface area contributed by atoms with Crippen molar-refractivity contribution in [3.05, 3.63) is 34.3 Å². The maximum absolute atomic E-state index is 10.8. The minimum Gasteiger partial charge on any atom is -0.408 e. The summed E-state index contributed by atoms with van der Waals surface area (Å²) >= 11 is 3.17. The van der Waals surface area contributed by atoms with Gasteiger partial charge in [0.15, 0.2) is 5.58 Å². The second kappa shape index (κ2) is 3.59. The van der Waals surface area contributed by atoms with Crippen LogP contribution in [0.5, 0.6) is 0 Å². The fourth-order valence-electron chi connectivity index (χ4n) is 1.26. The molecule has 1 atom stereocenters. The third-order valence-electron chi connectivity index (χ3n) is 1.98. The van der Waals surface area contributed by atoms with Gasteiger partial charge >= 0.3 is 5.76 Å². The summed E-state index contributed by atoms with van der Waals surface area (Å²) in [7, 11) is 0. The summed E-state index contributed by atoms with van der Waals surface area (Å²) in [6.45, 7) is 0. The zero-order chi connectivity index (χ0) is 10.1. The molecule has 0 aliphatic rings. The highest BCUT2D eigenvalue weighted by Gasteiger charge is 2.08. The molecule has 2 rings (SSSR count). The Morgan fingerprint density at radius 3 is 3.07 bits per heavy atom. The summed E-state index contributed by atoms with van der Waals surface area (Å²) in [4.78, 5) is 13.4. The smallest absolute Gasteiger partial charge is 0.408 e. The third-order valence-corrected chi connectivity index (χ3v) is 2.59. The predicted molar refractivity (Wildman–Crippen MR) is 55.6 cm³/mol. The van der Waals surface area contributed by atoms with Gasteiger partial charge in [0.1, 0.15) is 0 Å². The Kier molecular flexibility index (Phi) is 2.43. The van der Waals surface area contributed by atoms with E-state index in [9.17, 15) is 9.90 Å². The van der Waals surface area contributed by atoms with E-state index in [0.717, 1.165) is 5.56 Å². The Balaban J connectivity index is 2.55. The first-order valence-corrected chi connectivity index (χ1v) is 5.19. The normalized spacial score (nSPS) is 13.3. The van der Waals surface area contributed by atoms with Crippen LogP contribution in [-0.4, -0.2) is 15.4 Å². The largest absolute Gasteiger partial charge is 0.417 e. The van der Waals surface area contributed by atoms with E-state index in [1.165, 1.54) is 0 Å². The zero-order valence-electron chi connectivity index (χ0n) is 7.16. The molecular formula is C9H8BrNO3. The second-order valence-corrected chi connectivity index (χ2v) is 3.59. The number of oxazole rings is 1. The highest BCUT2D eigenvalue weighted by molar-refractivity contribution is 9.09. The first kappa shape index (κ1) is 9.48. The summed E-state index contributed by atoms with van der Waals surface area (Å²) in [6.07, 6.45) is -0.584. The third kappa shape index (κ3) is 1.60. The molecule has 1 aromatic carbocycles. The molecule has 0 radical (unpaired) electrons. The first-order chi connectivity index (χ1) is 6.70. The van der Waals surface area contributed by atoms with Gasteiger partial charge in [-0.3, -0.25) is 4.98 Å². The topological polar surface area (TPSA) is 66.2 Å². The van der Waals surface area contributed by atoms with E-state index in [-0.39, 0.29) is 0 Å². The molecule has 4 nitrogen and oxygen atoms in total. The van der Waals surface area contributed by atoms with Crippen molar-refractivity contribution >= 4 is 27.0 Å². The van der Waals surface area contributed by atoms with Crippen molar-refractivity contribution in [3.63, 3.8) is 0 Å². The molecule has 1 unspecified atom stereocenters. The summed E-state index contributed by atoms with van der Waals surface area (Å²) in [5.74, 6) is -0.481. The summed E-state index contributed by atoms with van der Waals surface area (Å²) in [5.41, 5.74) is 1.82. The number of halogens is 1. The Hall–Kier alpha value is -1.07. The lowest BCUT2D eigenvalue weighted by Crippen LogP contribution is -1.97. The number of H-pyrrole nitrogens is 1. The molecule has 0 bridgehead atoms. The summed E-state index contributed by atoms with van der Waals surface area (Å²) in [6, 6.07) is 5.11. The van der Waals surface area contributed by atoms with Crippen LogP contribution < -0.4 is 5.76 Å². The van der Waals surface area contributed by atoms with Gasteiger partial charge in [-0.15, -0.1) is 0 Å². The van der Waals surface area contributed by atoms with Crippen LogP contribution in [0.2, 0.25) is 0 Å². The molecule has 1 heterocycles. The number of aromatic amines is 1. The lowest BCUT2D eigenvalue weighted by Gasteiger charge is -2.05. The van der Waals surface area contributed by atoms with Crippen molar-refractivity contribution in [3.8, 4) is 0 Å². The Bertz CT molecular complexity index is 502. The molecule has 0 aliphatic carbocycles. The maximum atomic E-state index is 10.8. The Labute approximate surface area is 87.7 Å². The number of benzene rings is 1. The molecule has 14 heavy (non-hydrogen) atoms. The number of rotatable bonds is 2. The molecular weight excluding hydrogens is 250 g/mol. The van der Waals surface area contributed by atoms with Crippen LogP contribution in [0.1, 0.15) is 11.7 Å². The predicted octanol–water partition coefficient (Wildman–Crippen LogP) is 1.55. The highest BCUT2D eigenvalue weighted by atomic mass is 79.9. The maximum Gasteiger partial charge on any atom is 0.417 e. The molecule has 0 saturated heterocycles. The van der Waals surface area contributed by atoms with Gasteiger partial charge in [-0.05, 0) is 17.7 Å². The molecule has 0 aliphatic heterocycles. The minimum absolute atomic E-state index is 0.452. The average molecular weight is 258 g/mol. The minimum atomic E-state index is -0.584. The van der Waals surface area contributed by atoms with E-state index >= 15 is 0 Å². The van der Waals surface area contributed by atoms with Crippen molar-refractivity contribution in [2.45, 2.75) is 6.10 Å². The Morgan fingerprint density at radius 2 is 2.36 bits per heavy atom. The van der Waals surface area contributed by atoms with E-state index in [0.29, 0.717) is 16.4 Å². The molecule has 0 spiro atoms. The quantitative estimate of drug-likeness (QED) is 0.803. The van der Waals surface area contributed by atoms with Crippen molar-refractivity contribution in [1.29, 1.82) is 0 Å². The summed E-state index contributed by atoms with van der Waals surface area (Å²) < 4.78 is 4.87. The van der Waals surface area contributed by atoms with Crippen LogP contribution in [0.25, 0.3) is 11.1 Å². The van der Waals surface area contributed by atoms with Crippen molar-refractivity contribution in [2.24, 2.45) is 0 Å². The molecule has 0 saturated carbocycles. The standard InChI is InChI=1S/C9H8BrNO3/c10-4-7(12)5-1-2-6-8(3-5)14-9(13)11-6/h1-3,7,12H,4H2,(H,11,13). The van der Waals surface area contributed by atoms with Crippen LogP contribution in [0.4, 0.5) is 0 Å². The van der Waals surface area contributed by atoms with Crippen molar-refractivity contribution in [1.82, 2.24) is 4.98 Å². The number of aliphatic hydroxyl groups is 1. The van der Waals surface area contributed by atoms with E-state index in [2.05, 4.69) is 20.9 Å². The van der Waals surface area contributed by atoms with E-state index in [1.807, 2.05) is 0 Å². The van der Waals surface area contributed by atoms with E-state index in [4.69, 9.17) is 4.42 Å². The molecule has 0 fully saturated rings. The first-order valence-electron chi connectivity index (χ1n) is 4.07. The number of aliphatic hydroxyl groups excluding tert-OH is 1. The van der Waals surface area contributed by atoms with Gasteiger partial charge in [-0.25, -0.2) is 4.79 Å². The van der Waals surface area contributed by atoms with Gasteiger partial charge in [0.25, 0.3) is 0 Å². The monoisotopic (exact) mass is 257 g/mol. The number of alkyl halides is 1. The Morgan fingerprint density at radius 1 is 1.57 bits per heavy atom. The number of hydrogen-bond acceptors (Lipinski definition) is 3. The van der Waals surface area contributed by atoms with Crippen LogP contribution >= 0.6 is 15.9 Å². The van der Waals surface area contributed by atoms with E-state index in [1.54, 1.807) is 18.2 Å². The summed E-state index contributed by atoms with van der Waals surface area (Å²) in [5, 5.41) is 9.97. The molecule has 74 valence electrons. The molecule has 2 aromatic rings. The lowest BCUT2D eigenvalue weighted by atomic mass is 10.1. The van der Waals surface area contributed by atoms with Crippen LogP contribution in [-0.2, 0) is 0 Å². The number of fused-ring (bicyclic) bond motifs is 1. The molecule has 1 aromatic heterocycles. The lowest BCUT2D eigenvalue weighted by molar-refractivity contribution is 0.205. The van der Waals surface area contributed by atoms with Gasteiger partial charge in [-0.1, -0.05) is 22.0 Å². The van der Waals surface area contributed by atoms with Crippen LogP contribution in [0.15, 0.2) is 27.4 Å². The van der Waals surface area contributed by atoms with Crippen LogP contribution in [0, 0.1) is 0 Å². The van der Waals surface area contributed by atoms with Gasteiger partial charge in [-0.2, -0.15) is 0 Å². The van der Waals surface area contributed by atoms with E-state index < -0.39 is 11.9 Å². The fourth-order valence-corrected chi connectivity index (χ4v) is 1.63. The number of aromatic nitrogens is 1. The SMILES string of the molecule is O=c1[nH]c2ccc(C(O)CBr)cc2o1. The fraction of sp³-hybridized carbons (Fsp3) is 0.222. The molecule has 2 N–H and O–H groups in total. The second-order valence-electron chi connectivity index (χ2n) is 2.94.